The molecule has 0 saturated carbocycles. The van der Waals surface area contributed by atoms with Gasteiger partial charge in [0.15, 0.2) is 0 Å². The van der Waals surface area contributed by atoms with E-state index >= 15 is 0 Å². The average Bonchev–Trinajstić information content (AvgIpc) is 2.55. The van der Waals surface area contributed by atoms with Gasteiger partial charge in [-0.3, -0.25) is 0 Å². The van der Waals surface area contributed by atoms with Gasteiger partial charge in [-0.2, -0.15) is 0 Å². The minimum Gasteiger partial charge on any atom is -0.308 e. The molecule has 1 heterocycles. The van der Waals surface area contributed by atoms with Crippen LogP contribution in [0.1, 0.15) is 45.9 Å². The highest BCUT2D eigenvalue weighted by Crippen LogP contribution is 2.32. The van der Waals surface area contributed by atoms with E-state index in [1.807, 2.05) is 5.51 Å². The lowest BCUT2D eigenvalue weighted by Crippen LogP contribution is -2.33. The van der Waals surface area contributed by atoms with Crippen LogP contribution in [0.25, 0.3) is 0 Å². The molecule has 0 aromatic carbocycles. The van der Waals surface area contributed by atoms with Crippen molar-refractivity contribution in [1.29, 1.82) is 0 Å². The molecule has 0 spiro atoms. The molecule has 1 N–H and O–H groups in total. The summed E-state index contributed by atoms with van der Waals surface area (Å²) >= 11 is 1.67. The molecule has 2 nitrogen and oxygen atoms in total. The van der Waals surface area contributed by atoms with Gasteiger partial charge in [0, 0.05) is 5.38 Å². The Morgan fingerprint density at radius 2 is 2.21 bits per heavy atom. The van der Waals surface area contributed by atoms with E-state index in [4.69, 9.17) is 0 Å². The summed E-state index contributed by atoms with van der Waals surface area (Å²) in [5.41, 5.74) is 3.31. The highest BCUT2D eigenvalue weighted by molar-refractivity contribution is 7.07. The summed E-state index contributed by atoms with van der Waals surface area (Å²) in [6.07, 6.45) is 1.16. The van der Waals surface area contributed by atoms with Crippen LogP contribution in [0.4, 0.5) is 0 Å². The third-order valence-corrected chi connectivity index (χ3v) is 2.82. The Bertz CT molecular complexity index is 249. The van der Waals surface area contributed by atoms with Gasteiger partial charge >= 0.3 is 0 Å². The first-order chi connectivity index (χ1) is 6.55. The highest BCUT2D eigenvalue weighted by atomic mass is 32.1. The molecule has 14 heavy (non-hydrogen) atoms. The highest BCUT2D eigenvalue weighted by Gasteiger charge is 2.26. The summed E-state index contributed by atoms with van der Waals surface area (Å²) in [6, 6.07) is 0.369. The van der Waals surface area contributed by atoms with Crippen LogP contribution in [0.15, 0.2) is 10.9 Å². The molecule has 0 radical (unpaired) electrons. The van der Waals surface area contributed by atoms with Crippen molar-refractivity contribution in [2.24, 2.45) is 5.41 Å². The van der Waals surface area contributed by atoms with Crippen LogP contribution in [-0.2, 0) is 0 Å². The Morgan fingerprint density at radius 1 is 1.50 bits per heavy atom. The molecule has 0 aliphatic heterocycles. The van der Waals surface area contributed by atoms with Gasteiger partial charge in [0.2, 0.25) is 0 Å². The maximum absolute atomic E-state index is 4.39. The van der Waals surface area contributed by atoms with Crippen LogP contribution < -0.4 is 5.32 Å². The van der Waals surface area contributed by atoms with Crippen LogP contribution in [0.5, 0.6) is 0 Å². The van der Waals surface area contributed by atoms with Gasteiger partial charge in [0.25, 0.3) is 0 Å². The lowest BCUT2D eigenvalue weighted by Gasteiger charge is -2.30. The monoisotopic (exact) mass is 212 g/mol. The van der Waals surface area contributed by atoms with Crippen molar-refractivity contribution in [2.75, 3.05) is 6.54 Å². The third kappa shape index (κ3) is 3.07. The molecule has 0 aliphatic rings. The molecule has 1 aromatic rings. The lowest BCUT2D eigenvalue weighted by atomic mass is 9.85. The van der Waals surface area contributed by atoms with Gasteiger partial charge in [-0.05, 0) is 18.4 Å². The Morgan fingerprint density at radius 3 is 2.64 bits per heavy atom. The standard InChI is InChI=1S/C11H20N2S/c1-5-6-12-10(11(2,3)4)9-7-14-8-13-9/h7-8,10,12H,5-6H2,1-4H3. The number of nitrogens with one attached hydrogen (secondary N) is 1. The summed E-state index contributed by atoms with van der Waals surface area (Å²) in [7, 11) is 0. The van der Waals surface area contributed by atoms with Crippen molar-refractivity contribution in [3.8, 4) is 0 Å². The SMILES string of the molecule is CCCNC(c1cscn1)C(C)(C)C. The number of hydrogen-bond donors (Lipinski definition) is 1. The molecule has 80 valence electrons. The van der Waals surface area contributed by atoms with E-state index in [1.54, 1.807) is 11.3 Å². The van der Waals surface area contributed by atoms with Crippen molar-refractivity contribution in [3.63, 3.8) is 0 Å². The van der Waals surface area contributed by atoms with Gasteiger partial charge in [0.05, 0.1) is 17.2 Å². The van der Waals surface area contributed by atoms with Crippen LogP contribution in [0.2, 0.25) is 0 Å². The molecule has 0 saturated heterocycles. The van der Waals surface area contributed by atoms with Crippen molar-refractivity contribution in [1.82, 2.24) is 10.3 Å². The summed E-state index contributed by atoms with van der Waals surface area (Å²) in [6.45, 7) is 9.99. The van der Waals surface area contributed by atoms with Crippen LogP contribution in [0, 0.1) is 5.41 Å². The predicted octanol–water partition coefficient (Wildman–Crippen LogP) is 3.23. The normalized spacial score (nSPS) is 14.3. The van der Waals surface area contributed by atoms with E-state index in [-0.39, 0.29) is 5.41 Å². The second-order valence-corrected chi connectivity index (χ2v) is 5.39. The fraction of sp³-hybridized carbons (Fsp3) is 0.727. The predicted molar refractivity (Wildman–Crippen MR) is 62.6 cm³/mol. The fourth-order valence-corrected chi connectivity index (χ4v) is 2.09. The lowest BCUT2D eigenvalue weighted by molar-refractivity contribution is 0.269. The first-order valence-electron chi connectivity index (χ1n) is 5.17. The average molecular weight is 212 g/mol. The number of hydrogen-bond acceptors (Lipinski definition) is 3. The quantitative estimate of drug-likeness (QED) is 0.829. The van der Waals surface area contributed by atoms with Gasteiger partial charge in [-0.1, -0.05) is 27.7 Å². The molecule has 0 fully saturated rings. The number of aromatic nitrogens is 1. The maximum atomic E-state index is 4.39. The Balaban J connectivity index is 2.73. The fourth-order valence-electron chi connectivity index (χ4n) is 1.51. The minimum absolute atomic E-state index is 0.225. The third-order valence-electron chi connectivity index (χ3n) is 2.21. The van der Waals surface area contributed by atoms with E-state index in [0.29, 0.717) is 6.04 Å². The maximum Gasteiger partial charge on any atom is 0.0795 e. The largest absolute Gasteiger partial charge is 0.308 e. The molecule has 3 heteroatoms. The van der Waals surface area contributed by atoms with E-state index in [0.717, 1.165) is 13.0 Å². The second kappa shape index (κ2) is 4.89. The van der Waals surface area contributed by atoms with Crippen LogP contribution in [-0.4, -0.2) is 11.5 Å². The van der Waals surface area contributed by atoms with Gasteiger partial charge in [-0.25, -0.2) is 4.98 Å². The second-order valence-electron chi connectivity index (χ2n) is 4.67. The molecule has 1 atom stereocenters. The first kappa shape index (κ1) is 11.7. The van der Waals surface area contributed by atoms with E-state index in [9.17, 15) is 0 Å². The van der Waals surface area contributed by atoms with Crippen LogP contribution >= 0.6 is 11.3 Å². The smallest absolute Gasteiger partial charge is 0.0795 e. The Hall–Kier alpha value is -0.410. The van der Waals surface area contributed by atoms with E-state index < -0.39 is 0 Å². The zero-order valence-electron chi connectivity index (χ0n) is 9.50. The number of thiazole rings is 1. The molecule has 0 amide bonds. The Labute approximate surface area is 90.8 Å². The molecule has 1 rings (SSSR count). The summed E-state index contributed by atoms with van der Waals surface area (Å²) in [5, 5.41) is 5.69. The molecule has 1 unspecified atom stereocenters. The topological polar surface area (TPSA) is 24.9 Å². The van der Waals surface area contributed by atoms with Gasteiger partial charge < -0.3 is 5.32 Å². The molecule has 0 bridgehead atoms. The van der Waals surface area contributed by atoms with E-state index in [2.05, 4.69) is 43.4 Å². The Kier molecular flexibility index (Phi) is 4.08. The van der Waals surface area contributed by atoms with Crippen molar-refractivity contribution < 1.29 is 0 Å². The molecule has 0 aliphatic carbocycles. The molecule has 1 aromatic heterocycles. The molecular formula is C11H20N2S. The van der Waals surface area contributed by atoms with Crippen molar-refractivity contribution in [2.45, 2.75) is 40.2 Å². The van der Waals surface area contributed by atoms with Gasteiger partial charge in [-0.15, -0.1) is 11.3 Å². The van der Waals surface area contributed by atoms with E-state index in [1.165, 1.54) is 5.69 Å². The van der Waals surface area contributed by atoms with Crippen molar-refractivity contribution in [3.05, 3.63) is 16.6 Å². The summed E-state index contributed by atoms with van der Waals surface area (Å²) < 4.78 is 0. The van der Waals surface area contributed by atoms with Gasteiger partial charge in [0.1, 0.15) is 0 Å². The minimum atomic E-state index is 0.225. The zero-order chi connectivity index (χ0) is 10.6. The van der Waals surface area contributed by atoms with Crippen molar-refractivity contribution >= 4 is 11.3 Å². The number of nitrogens with zero attached hydrogens (tertiary/aromatic N) is 1. The summed E-state index contributed by atoms with van der Waals surface area (Å²) in [5.74, 6) is 0. The number of rotatable bonds is 4. The van der Waals surface area contributed by atoms with Crippen LogP contribution in [0.3, 0.4) is 0 Å². The first-order valence-corrected chi connectivity index (χ1v) is 6.11. The molecular weight excluding hydrogens is 192 g/mol. The zero-order valence-corrected chi connectivity index (χ0v) is 10.3. The summed E-state index contributed by atoms with van der Waals surface area (Å²) in [4.78, 5) is 4.39.